The second-order valence-corrected chi connectivity index (χ2v) is 11.5. The number of hydrogen-bond acceptors (Lipinski definition) is 8. The molecular formula is C26H31N3O6S. The van der Waals surface area contributed by atoms with Crippen molar-refractivity contribution >= 4 is 34.9 Å². The molecule has 10 heteroatoms. The molecule has 1 N–H and O–H groups in total. The summed E-state index contributed by atoms with van der Waals surface area (Å²) in [6.45, 7) is 6.94. The van der Waals surface area contributed by atoms with Crippen LogP contribution in [0.2, 0.25) is 0 Å². The zero-order valence-corrected chi connectivity index (χ0v) is 21.5. The first kappa shape index (κ1) is 24.7. The van der Waals surface area contributed by atoms with Crippen LogP contribution in [0.15, 0.2) is 46.2 Å². The summed E-state index contributed by atoms with van der Waals surface area (Å²) in [5.74, 6) is 0.783. The van der Waals surface area contributed by atoms with Gasteiger partial charge in [0.2, 0.25) is 0 Å². The highest BCUT2D eigenvalue weighted by atomic mass is 32.2. The molecule has 36 heavy (non-hydrogen) atoms. The van der Waals surface area contributed by atoms with Crippen molar-refractivity contribution in [1.29, 1.82) is 0 Å². The summed E-state index contributed by atoms with van der Waals surface area (Å²) in [5, 5.41) is 14.4. The molecule has 2 aromatic rings. The molecule has 3 aliphatic rings. The number of piperidine rings is 1. The summed E-state index contributed by atoms with van der Waals surface area (Å²) in [6, 6.07) is 10.7. The maximum atomic E-state index is 12.2. The highest BCUT2D eigenvalue weighted by molar-refractivity contribution is 7.99. The van der Waals surface area contributed by atoms with Crippen molar-refractivity contribution in [3.63, 3.8) is 0 Å². The average Bonchev–Trinajstić information content (AvgIpc) is 2.80. The SMILES string of the molecule is CC(C)(C)OC(=O)N1CCC(O[C@H]2C[C@H](Oc3ccc4c(c3)Sc3cc([N+](=O)[O-])ccc3N4)C2)CC1. The smallest absolute Gasteiger partial charge is 0.410 e. The highest BCUT2D eigenvalue weighted by Crippen LogP contribution is 2.46. The minimum absolute atomic E-state index is 0.0786. The zero-order chi connectivity index (χ0) is 25.4. The number of nitrogens with one attached hydrogen (secondary N) is 1. The number of carbonyl (C=O) groups is 1. The summed E-state index contributed by atoms with van der Waals surface area (Å²) in [4.78, 5) is 26.5. The number of fused-ring (bicyclic) bond motifs is 2. The number of nitro benzene ring substituents is 1. The molecule has 0 aromatic heterocycles. The first-order valence-corrected chi connectivity index (χ1v) is 13.1. The van der Waals surface area contributed by atoms with E-state index in [0.29, 0.717) is 13.1 Å². The number of nitrogens with zero attached hydrogens (tertiary/aromatic N) is 2. The molecule has 2 heterocycles. The number of nitro groups is 1. The van der Waals surface area contributed by atoms with Gasteiger partial charge in [0.05, 0.1) is 28.5 Å². The Balaban J connectivity index is 1.08. The Morgan fingerprint density at radius 3 is 2.36 bits per heavy atom. The van der Waals surface area contributed by atoms with Gasteiger partial charge in [0, 0.05) is 47.9 Å². The summed E-state index contributed by atoms with van der Waals surface area (Å²) >= 11 is 1.50. The number of anilines is 2. The molecule has 0 unspecified atom stereocenters. The van der Waals surface area contributed by atoms with Crippen molar-refractivity contribution in [3.05, 3.63) is 46.5 Å². The number of ether oxygens (including phenoxy) is 3. The topological polar surface area (TPSA) is 103 Å². The van der Waals surface area contributed by atoms with E-state index in [1.807, 2.05) is 39.0 Å². The molecule has 1 aliphatic carbocycles. The standard InChI is InChI=1S/C26H31N3O6S/c1-26(2,3)35-25(30)28-10-8-17(9-11-28)33-19-13-20(14-19)34-18-5-7-22-24(15-18)36-23-12-16(29(31)32)4-6-21(23)27-22/h4-7,12,15,17,19-20,27H,8-11,13-14H2,1-3H3/t19-,20-. The van der Waals surface area contributed by atoms with Crippen LogP contribution in [0.1, 0.15) is 46.5 Å². The number of likely N-dealkylation sites (tertiary alicyclic amines) is 1. The van der Waals surface area contributed by atoms with Crippen LogP contribution in [0, 0.1) is 10.1 Å². The number of rotatable bonds is 5. The third-order valence-corrected chi connectivity index (χ3v) is 7.57. The van der Waals surface area contributed by atoms with Crippen LogP contribution in [-0.4, -0.2) is 52.9 Å². The van der Waals surface area contributed by atoms with E-state index in [4.69, 9.17) is 14.2 Å². The van der Waals surface area contributed by atoms with Gasteiger partial charge in [-0.3, -0.25) is 10.1 Å². The fraction of sp³-hybridized carbons (Fsp3) is 0.500. The lowest BCUT2D eigenvalue weighted by atomic mass is 9.91. The molecule has 192 valence electrons. The third kappa shape index (κ3) is 5.70. The fourth-order valence-corrected chi connectivity index (χ4v) is 5.58. The lowest BCUT2D eigenvalue weighted by molar-refractivity contribution is -0.385. The monoisotopic (exact) mass is 513 g/mol. The Labute approximate surface area is 214 Å². The molecule has 2 fully saturated rings. The summed E-state index contributed by atoms with van der Waals surface area (Å²) < 4.78 is 17.9. The lowest BCUT2D eigenvalue weighted by Crippen LogP contribution is -2.46. The minimum atomic E-state index is -0.482. The molecule has 0 atom stereocenters. The van der Waals surface area contributed by atoms with E-state index in [1.165, 1.54) is 17.8 Å². The van der Waals surface area contributed by atoms with Crippen molar-refractivity contribution in [2.75, 3.05) is 18.4 Å². The maximum Gasteiger partial charge on any atom is 0.410 e. The summed E-state index contributed by atoms with van der Waals surface area (Å²) in [7, 11) is 0. The Bertz CT molecular complexity index is 1150. The van der Waals surface area contributed by atoms with Crippen LogP contribution in [-0.2, 0) is 9.47 Å². The second kappa shape index (κ2) is 9.82. The van der Waals surface area contributed by atoms with Crippen molar-refractivity contribution in [2.45, 2.75) is 80.2 Å². The Hall–Kier alpha value is -2.98. The number of non-ortho nitro benzene ring substituents is 1. The third-order valence-electron chi connectivity index (χ3n) is 6.45. The van der Waals surface area contributed by atoms with E-state index < -0.39 is 5.60 Å². The first-order valence-electron chi connectivity index (χ1n) is 12.3. The van der Waals surface area contributed by atoms with Gasteiger partial charge >= 0.3 is 6.09 Å². The van der Waals surface area contributed by atoms with E-state index in [9.17, 15) is 14.9 Å². The van der Waals surface area contributed by atoms with Crippen LogP contribution in [0.5, 0.6) is 5.75 Å². The number of benzene rings is 2. The highest BCUT2D eigenvalue weighted by Gasteiger charge is 2.35. The molecule has 0 radical (unpaired) electrons. The predicted molar refractivity (Wildman–Crippen MR) is 136 cm³/mol. The van der Waals surface area contributed by atoms with Gasteiger partial charge in [-0.25, -0.2) is 4.79 Å². The second-order valence-electron chi connectivity index (χ2n) is 10.5. The van der Waals surface area contributed by atoms with Crippen LogP contribution in [0.4, 0.5) is 21.9 Å². The van der Waals surface area contributed by atoms with Crippen molar-refractivity contribution in [3.8, 4) is 5.75 Å². The molecular weight excluding hydrogens is 482 g/mol. The first-order chi connectivity index (χ1) is 17.1. The molecule has 2 aliphatic heterocycles. The van der Waals surface area contributed by atoms with E-state index in [1.54, 1.807) is 17.0 Å². The van der Waals surface area contributed by atoms with Crippen molar-refractivity contribution in [2.24, 2.45) is 0 Å². The molecule has 0 spiro atoms. The Morgan fingerprint density at radius 2 is 1.69 bits per heavy atom. The van der Waals surface area contributed by atoms with Gasteiger partial charge < -0.3 is 24.4 Å². The van der Waals surface area contributed by atoms with Crippen LogP contribution in [0.25, 0.3) is 0 Å². The number of hydrogen-bond donors (Lipinski definition) is 1. The lowest BCUT2D eigenvalue weighted by Gasteiger charge is -2.40. The summed E-state index contributed by atoms with van der Waals surface area (Å²) in [5.41, 5.74) is 1.42. The van der Waals surface area contributed by atoms with Crippen LogP contribution < -0.4 is 10.1 Å². The minimum Gasteiger partial charge on any atom is -0.490 e. The molecule has 1 saturated heterocycles. The van der Waals surface area contributed by atoms with Crippen molar-refractivity contribution < 1.29 is 23.9 Å². The fourth-order valence-electron chi connectivity index (χ4n) is 4.53. The van der Waals surface area contributed by atoms with Gasteiger partial charge in [-0.05, 0) is 57.9 Å². The molecule has 9 nitrogen and oxygen atoms in total. The van der Waals surface area contributed by atoms with Crippen molar-refractivity contribution in [1.82, 2.24) is 4.90 Å². The molecule has 1 amide bonds. The van der Waals surface area contributed by atoms with Gasteiger partial charge in [0.15, 0.2) is 0 Å². The predicted octanol–water partition coefficient (Wildman–Crippen LogP) is 6.13. The zero-order valence-electron chi connectivity index (χ0n) is 20.7. The van der Waals surface area contributed by atoms with Gasteiger partial charge in [0.1, 0.15) is 17.5 Å². The molecule has 2 aromatic carbocycles. The van der Waals surface area contributed by atoms with Crippen LogP contribution >= 0.6 is 11.8 Å². The van der Waals surface area contributed by atoms with E-state index in [2.05, 4.69) is 5.32 Å². The van der Waals surface area contributed by atoms with Gasteiger partial charge in [0.25, 0.3) is 5.69 Å². The number of amides is 1. The maximum absolute atomic E-state index is 12.2. The Morgan fingerprint density at radius 1 is 1.03 bits per heavy atom. The number of carbonyl (C=O) groups excluding carboxylic acids is 1. The average molecular weight is 514 g/mol. The van der Waals surface area contributed by atoms with Gasteiger partial charge in [-0.15, -0.1) is 0 Å². The van der Waals surface area contributed by atoms with E-state index >= 15 is 0 Å². The van der Waals surface area contributed by atoms with Gasteiger partial charge in [-0.1, -0.05) is 11.8 Å². The van der Waals surface area contributed by atoms with Gasteiger partial charge in [-0.2, -0.15) is 0 Å². The summed E-state index contributed by atoms with van der Waals surface area (Å²) in [6.07, 6.45) is 3.49. The molecule has 0 bridgehead atoms. The largest absolute Gasteiger partial charge is 0.490 e. The van der Waals surface area contributed by atoms with E-state index in [0.717, 1.165) is 52.6 Å². The molecule has 5 rings (SSSR count). The Kier molecular flexibility index (Phi) is 6.74. The normalized spacial score (nSPS) is 21.5. The van der Waals surface area contributed by atoms with E-state index in [-0.39, 0.29) is 35.0 Å². The van der Waals surface area contributed by atoms with Crippen LogP contribution in [0.3, 0.4) is 0 Å². The quantitative estimate of drug-likeness (QED) is 0.321. The molecule has 1 saturated carbocycles.